The van der Waals surface area contributed by atoms with Crippen LogP contribution in [0.5, 0.6) is 0 Å². The average Bonchev–Trinajstić information content (AvgIpc) is 2.58. The maximum absolute atomic E-state index is 12.0. The summed E-state index contributed by atoms with van der Waals surface area (Å²) in [6.07, 6.45) is 0.976. The van der Waals surface area contributed by atoms with Gasteiger partial charge in [0.1, 0.15) is 5.69 Å². The number of hydrogen-bond acceptors (Lipinski definition) is 6. The van der Waals surface area contributed by atoms with E-state index >= 15 is 0 Å². The molecule has 0 saturated heterocycles. The minimum atomic E-state index is -3.55. The highest BCUT2D eigenvalue weighted by atomic mass is 35.5. The van der Waals surface area contributed by atoms with Gasteiger partial charge >= 0.3 is 0 Å². The van der Waals surface area contributed by atoms with E-state index in [-0.39, 0.29) is 35.3 Å². The maximum atomic E-state index is 12.0. The summed E-state index contributed by atoms with van der Waals surface area (Å²) in [5.74, 6) is -0.362. The average molecular weight is 398 g/mol. The predicted octanol–water partition coefficient (Wildman–Crippen LogP) is 2.49. The highest BCUT2D eigenvalue weighted by Gasteiger charge is 2.18. The fourth-order valence-electron chi connectivity index (χ4n) is 2.16. The predicted molar refractivity (Wildman–Crippen MR) is 98.5 cm³/mol. The molecule has 0 heterocycles. The van der Waals surface area contributed by atoms with Gasteiger partial charge in [-0.1, -0.05) is 23.7 Å². The number of sulfone groups is 1. The van der Waals surface area contributed by atoms with Crippen molar-refractivity contribution in [2.45, 2.75) is 4.90 Å². The van der Waals surface area contributed by atoms with Crippen LogP contribution in [0.3, 0.4) is 0 Å². The van der Waals surface area contributed by atoms with Crippen LogP contribution in [0.1, 0.15) is 10.4 Å². The SMILES string of the molecule is CS(=O)(=O)c1ccc(NCCNC(=O)c2ccccc2Cl)c([N+](=O)[O-])c1. The minimum Gasteiger partial charge on any atom is -0.378 e. The lowest BCUT2D eigenvalue weighted by Gasteiger charge is -2.10. The third-order valence-electron chi connectivity index (χ3n) is 3.44. The van der Waals surface area contributed by atoms with Gasteiger partial charge in [-0.05, 0) is 24.3 Å². The van der Waals surface area contributed by atoms with E-state index in [9.17, 15) is 23.3 Å². The summed E-state index contributed by atoms with van der Waals surface area (Å²) in [6.45, 7) is 0.393. The van der Waals surface area contributed by atoms with Crippen molar-refractivity contribution in [3.63, 3.8) is 0 Å². The second kappa shape index (κ2) is 8.15. The molecule has 0 atom stereocenters. The Bertz CT molecular complexity index is 947. The van der Waals surface area contributed by atoms with Gasteiger partial charge in [-0.15, -0.1) is 0 Å². The van der Waals surface area contributed by atoms with E-state index in [1.807, 2.05) is 0 Å². The van der Waals surface area contributed by atoms with Gasteiger partial charge in [0.2, 0.25) is 0 Å². The van der Waals surface area contributed by atoms with Crippen molar-refractivity contribution in [1.29, 1.82) is 0 Å². The van der Waals surface area contributed by atoms with Crippen LogP contribution in [-0.2, 0) is 9.84 Å². The van der Waals surface area contributed by atoms with Gasteiger partial charge in [-0.3, -0.25) is 14.9 Å². The van der Waals surface area contributed by atoms with Crippen LogP contribution < -0.4 is 10.6 Å². The van der Waals surface area contributed by atoms with Crippen LogP contribution in [0.2, 0.25) is 5.02 Å². The van der Waals surface area contributed by atoms with Crippen LogP contribution in [0.15, 0.2) is 47.4 Å². The first kappa shape index (κ1) is 19.7. The summed E-state index contributed by atoms with van der Waals surface area (Å²) in [7, 11) is -3.55. The Balaban J connectivity index is 2.00. The third-order valence-corrected chi connectivity index (χ3v) is 4.88. The summed E-state index contributed by atoms with van der Waals surface area (Å²) in [5, 5.41) is 16.9. The Labute approximate surface area is 155 Å². The molecule has 1 amide bonds. The number of carbonyl (C=O) groups excluding carboxylic acids is 1. The van der Waals surface area contributed by atoms with Gasteiger partial charge in [0.25, 0.3) is 11.6 Å². The smallest absolute Gasteiger partial charge is 0.293 e. The lowest BCUT2D eigenvalue weighted by molar-refractivity contribution is -0.384. The van der Waals surface area contributed by atoms with E-state index in [2.05, 4.69) is 10.6 Å². The Morgan fingerprint density at radius 2 is 1.88 bits per heavy atom. The molecule has 0 aliphatic carbocycles. The summed E-state index contributed by atoms with van der Waals surface area (Å²) in [4.78, 5) is 22.4. The zero-order valence-corrected chi connectivity index (χ0v) is 15.3. The first-order valence-corrected chi connectivity index (χ1v) is 9.72. The van der Waals surface area contributed by atoms with Crippen molar-refractivity contribution in [3.05, 3.63) is 63.2 Å². The molecule has 0 aromatic heterocycles. The van der Waals surface area contributed by atoms with Crippen molar-refractivity contribution in [2.75, 3.05) is 24.7 Å². The molecule has 0 aliphatic heterocycles. The number of nitro groups is 1. The number of anilines is 1. The zero-order valence-electron chi connectivity index (χ0n) is 13.7. The first-order valence-electron chi connectivity index (χ1n) is 7.45. The van der Waals surface area contributed by atoms with Crippen molar-refractivity contribution in [3.8, 4) is 0 Å². The molecule has 2 N–H and O–H groups in total. The molecule has 0 fully saturated rings. The first-order chi connectivity index (χ1) is 12.2. The molecule has 0 bridgehead atoms. The summed E-state index contributed by atoms with van der Waals surface area (Å²) in [6, 6.07) is 10.2. The quantitative estimate of drug-likeness (QED) is 0.421. The van der Waals surface area contributed by atoms with Gasteiger partial charge < -0.3 is 10.6 Å². The van der Waals surface area contributed by atoms with Crippen molar-refractivity contribution < 1.29 is 18.1 Å². The number of benzene rings is 2. The van der Waals surface area contributed by atoms with E-state index in [4.69, 9.17) is 11.6 Å². The van der Waals surface area contributed by atoms with Gasteiger partial charge in [0, 0.05) is 25.4 Å². The largest absolute Gasteiger partial charge is 0.378 e. The second-order valence-electron chi connectivity index (χ2n) is 5.37. The molecule has 0 unspecified atom stereocenters. The van der Waals surface area contributed by atoms with E-state index in [0.717, 1.165) is 12.3 Å². The lowest BCUT2D eigenvalue weighted by atomic mass is 10.2. The topological polar surface area (TPSA) is 118 Å². The molecule has 0 aliphatic rings. The Morgan fingerprint density at radius 3 is 2.50 bits per heavy atom. The molecule has 26 heavy (non-hydrogen) atoms. The van der Waals surface area contributed by atoms with Crippen molar-refractivity contribution in [2.24, 2.45) is 0 Å². The summed E-state index contributed by atoms with van der Waals surface area (Å²) >= 11 is 5.93. The second-order valence-corrected chi connectivity index (χ2v) is 7.79. The number of nitrogens with zero attached hydrogens (tertiary/aromatic N) is 1. The van der Waals surface area contributed by atoms with Crippen LogP contribution in [0, 0.1) is 10.1 Å². The van der Waals surface area contributed by atoms with E-state index in [1.165, 1.54) is 12.1 Å². The third kappa shape index (κ3) is 4.93. The van der Waals surface area contributed by atoms with Crippen LogP contribution >= 0.6 is 11.6 Å². The van der Waals surface area contributed by atoms with Gasteiger partial charge in [-0.2, -0.15) is 0 Å². The number of rotatable bonds is 7. The van der Waals surface area contributed by atoms with E-state index < -0.39 is 14.8 Å². The van der Waals surface area contributed by atoms with Crippen LogP contribution in [0.25, 0.3) is 0 Å². The number of amides is 1. The fourth-order valence-corrected chi connectivity index (χ4v) is 3.02. The van der Waals surface area contributed by atoms with Crippen LogP contribution in [-0.4, -0.2) is 38.6 Å². The van der Waals surface area contributed by atoms with E-state index in [1.54, 1.807) is 24.3 Å². The number of nitrogens with one attached hydrogen (secondary N) is 2. The van der Waals surface area contributed by atoms with Crippen LogP contribution in [0.4, 0.5) is 11.4 Å². The number of hydrogen-bond donors (Lipinski definition) is 2. The Kier molecular flexibility index (Phi) is 6.17. The lowest BCUT2D eigenvalue weighted by Crippen LogP contribution is -2.29. The number of nitro benzene ring substituents is 1. The number of halogens is 1. The molecule has 2 rings (SSSR count). The standard InChI is InChI=1S/C16H16ClN3O5S/c1-26(24,25)11-6-7-14(15(10-11)20(22)23)18-8-9-19-16(21)12-4-2-3-5-13(12)17/h2-7,10,18H,8-9H2,1H3,(H,19,21). The maximum Gasteiger partial charge on any atom is 0.293 e. The van der Waals surface area contributed by atoms with Gasteiger partial charge in [-0.25, -0.2) is 8.42 Å². The molecule has 8 nitrogen and oxygen atoms in total. The highest BCUT2D eigenvalue weighted by molar-refractivity contribution is 7.90. The number of carbonyl (C=O) groups is 1. The van der Waals surface area contributed by atoms with Gasteiger partial charge in [0.15, 0.2) is 9.84 Å². The molecule has 138 valence electrons. The fraction of sp³-hybridized carbons (Fsp3) is 0.188. The zero-order chi connectivity index (χ0) is 19.3. The molecule has 10 heteroatoms. The summed E-state index contributed by atoms with van der Waals surface area (Å²) in [5.41, 5.74) is 0.136. The molecule has 0 saturated carbocycles. The molecule has 0 radical (unpaired) electrons. The molecule has 2 aromatic carbocycles. The Hall–Kier alpha value is -2.65. The van der Waals surface area contributed by atoms with Crippen molar-refractivity contribution in [1.82, 2.24) is 5.32 Å². The molecule has 2 aromatic rings. The normalized spacial score (nSPS) is 11.0. The molecular weight excluding hydrogens is 382 g/mol. The van der Waals surface area contributed by atoms with E-state index in [0.29, 0.717) is 10.6 Å². The monoisotopic (exact) mass is 397 g/mol. The molecular formula is C16H16ClN3O5S. The van der Waals surface area contributed by atoms with Gasteiger partial charge in [0.05, 0.1) is 20.4 Å². The Morgan fingerprint density at radius 1 is 1.19 bits per heavy atom. The highest BCUT2D eigenvalue weighted by Crippen LogP contribution is 2.27. The summed E-state index contributed by atoms with van der Waals surface area (Å²) < 4.78 is 23.0. The van der Waals surface area contributed by atoms with Crippen molar-refractivity contribution >= 4 is 38.7 Å². The minimum absolute atomic E-state index is 0.137. The molecule has 0 spiro atoms.